The normalized spacial score (nSPS) is 13.2. The number of aliphatic carboxylic acids is 1. The number of hydrogen-bond donors (Lipinski definition) is 3. The standard InChI is InChI=1S/C16H32N2O3.Na.H/c1-2-3-4-5-6-7-8-9-10-11-12-16(18,15(20)21)13-14(17)19;;/h2-13,18H2,1H3,(H2,17,19)(H,20,21);;/q;+1;-1. The molecule has 5 nitrogen and oxygen atoms in total. The zero-order chi connectivity index (χ0) is 16.1. The van der Waals surface area contributed by atoms with Crippen LogP contribution in [0.3, 0.4) is 0 Å². The number of carbonyl (C=O) groups is 2. The summed E-state index contributed by atoms with van der Waals surface area (Å²) < 4.78 is 0. The smallest absolute Gasteiger partial charge is 1.00 e. The Labute approximate surface area is 158 Å². The zero-order valence-corrected chi connectivity index (χ0v) is 16.4. The molecule has 5 N–H and O–H groups in total. The molecule has 0 bridgehead atoms. The number of nitrogens with two attached hydrogens (primary N) is 2. The Hall–Kier alpha value is -0.100. The predicted molar refractivity (Wildman–Crippen MR) is 85.9 cm³/mol. The van der Waals surface area contributed by atoms with Gasteiger partial charge in [-0.25, -0.2) is 0 Å². The van der Waals surface area contributed by atoms with Gasteiger partial charge in [0.05, 0.1) is 6.42 Å². The molecule has 0 saturated carbocycles. The minimum Gasteiger partial charge on any atom is -1.00 e. The molecule has 0 aliphatic heterocycles. The minimum absolute atomic E-state index is 0. The van der Waals surface area contributed by atoms with Crippen LogP contribution < -0.4 is 41.0 Å². The van der Waals surface area contributed by atoms with Crippen molar-refractivity contribution in [3.8, 4) is 0 Å². The van der Waals surface area contributed by atoms with E-state index in [-0.39, 0.29) is 37.4 Å². The van der Waals surface area contributed by atoms with Crippen molar-refractivity contribution in [3.05, 3.63) is 0 Å². The van der Waals surface area contributed by atoms with Crippen molar-refractivity contribution in [2.45, 2.75) is 89.5 Å². The molecule has 0 spiro atoms. The average Bonchev–Trinajstić information content (AvgIpc) is 2.40. The number of amides is 1. The molecule has 0 aromatic carbocycles. The molecule has 0 radical (unpaired) electrons. The van der Waals surface area contributed by atoms with Gasteiger partial charge in [-0.1, -0.05) is 71.1 Å². The third-order valence-corrected chi connectivity index (χ3v) is 3.89. The van der Waals surface area contributed by atoms with Gasteiger partial charge in [0.2, 0.25) is 5.91 Å². The van der Waals surface area contributed by atoms with Crippen LogP contribution in [0.2, 0.25) is 0 Å². The van der Waals surface area contributed by atoms with Gasteiger partial charge in [-0.15, -0.1) is 0 Å². The van der Waals surface area contributed by atoms with E-state index in [2.05, 4.69) is 6.92 Å². The molecule has 0 aliphatic carbocycles. The molecule has 1 amide bonds. The molecule has 0 rings (SSSR count). The second-order valence-electron chi connectivity index (χ2n) is 6.04. The van der Waals surface area contributed by atoms with Crippen LogP contribution in [0.5, 0.6) is 0 Å². The first-order chi connectivity index (χ1) is 9.92. The Morgan fingerprint density at radius 3 is 1.73 bits per heavy atom. The molecule has 1 unspecified atom stereocenters. The van der Waals surface area contributed by atoms with Crippen molar-refractivity contribution in [2.75, 3.05) is 0 Å². The van der Waals surface area contributed by atoms with Crippen LogP contribution in [0.4, 0.5) is 0 Å². The summed E-state index contributed by atoms with van der Waals surface area (Å²) in [4.78, 5) is 22.0. The molecule has 0 aliphatic rings. The van der Waals surface area contributed by atoms with Crippen molar-refractivity contribution < 1.29 is 45.7 Å². The maximum Gasteiger partial charge on any atom is 1.00 e. The summed E-state index contributed by atoms with van der Waals surface area (Å²) in [7, 11) is 0. The van der Waals surface area contributed by atoms with Gasteiger partial charge in [0.25, 0.3) is 0 Å². The topological polar surface area (TPSA) is 106 Å². The van der Waals surface area contributed by atoms with Crippen molar-refractivity contribution in [3.63, 3.8) is 0 Å². The molecule has 0 fully saturated rings. The van der Waals surface area contributed by atoms with E-state index < -0.39 is 17.4 Å². The molecule has 126 valence electrons. The largest absolute Gasteiger partial charge is 1.00 e. The van der Waals surface area contributed by atoms with E-state index in [0.717, 1.165) is 19.3 Å². The molecule has 22 heavy (non-hydrogen) atoms. The van der Waals surface area contributed by atoms with Gasteiger partial charge >= 0.3 is 35.5 Å². The maximum absolute atomic E-state index is 11.1. The maximum atomic E-state index is 11.1. The van der Waals surface area contributed by atoms with Crippen LogP contribution in [0.15, 0.2) is 0 Å². The summed E-state index contributed by atoms with van der Waals surface area (Å²) in [5.41, 5.74) is 9.31. The van der Waals surface area contributed by atoms with Gasteiger partial charge in [0.1, 0.15) is 5.54 Å². The Bertz CT molecular complexity index is 320. The Morgan fingerprint density at radius 2 is 1.36 bits per heavy atom. The van der Waals surface area contributed by atoms with E-state index in [9.17, 15) is 9.59 Å². The number of carbonyl (C=O) groups excluding carboxylic acids is 1. The average molecular weight is 324 g/mol. The number of primary amides is 1. The Morgan fingerprint density at radius 1 is 0.955 bits per heavy atom. The van der Waals surface area contributed by atoms with Crippen LogP contribution >= 0.6 is 0 Å². The summed E-state index contributed by atoms with van der Waals surface area (Å²) >= 11 is 0. The Balaban J connectivity index is -0.00000200. The van der Waals surface area contributed by atoms with Crippen LogP contribution in [-0.2, 0) is 9.59 Å². The summed E-state index contributed by atoms with van der Waals surface area (Å²) in [6.45, 7) is 2.22. The first kappa shape index (κ1) is 24.2. The number of unbranched alkanes of at least 4 members (excludes halogenated alkanes) is 9. The van der Waals surface area contributed by atoms with Gasteiger partial charge in [0.15, 0.2) is 0 Å². The number of carboxylic acid groups (broad SMARTS) is 1. The van der Waals surface area contributed by atoms with Crippen molar-refractivity contribution in [1.82, 2.24) is 0 Å². The molecule has 0 saturated heterocycles. The molecule has 0 heterocycles. The van der Waals surface area contributed by atoms with Gasteiger partial charge in [-0.2, -0.15) is 0 Å². The fraction of sp³-hybridized carbons (Fsp3) is 0.875. The van der Waals surface area contributed by atoms with E-state index in [1.807, 2.05) is 0 Å². The number of hydrogen-bond acceptors (Lipinski definition) is 3. The molecule has 0 aromatic rings. The first-order valence-electron chi connectivity index (χ1n) is 8.23. The summed E-state index contributed by atoms with van der Waals surface area (Å²) in [5.74, 6) is -1.80. The van der Waals surface area contributed by atoms with E-state index in [4.69, 9.17) is 16.6 Å². The van der Waals surface area contributed by atoms with E-state index in [1.165, 1.54) is 44.9 Å². The second kappa shape index (κ2) is 14.5. The van der Waals surface area contributed by atoms with Gasteiger partial charge in [0, 0.05) is 0 Å². The van der Waals surface area contributed by atoms with Gasteiger partial charge in [-0.05, 0) is 6.42 Å². The Kier molecular flexibility index (Phi) is 15.9. The van der Waals surface area contributed by atoms with E-state index in [1.54, 1.807) is 0 Å². The molecule has 6 heteroatoms. The number of rotatable bonds is 14. The quantitative estimate of drug-likeness (QED) is 0.310. The monoisotopic (exact) mass is 324 g/mol. The van der Waals surface area contributed by atoms with Crippen molar-refractivity contribution >= 4 is 11.9 Å². The molecular formula is C16H33N2NaO3. The van der Waals surface area contributed by atoms with Gasteiger partial charge in [-0.3, -0.25) is 9.59 Å². The van der Waals surface area contributed by atoms with Crippen LogP contribution in [-0.4, -0.2) is 22.5 Å². The van der Waals surface area contributed by atoms with Crippen molar-refractivity contribution in [2.24, 2.45) is 11.5 Å². The van der Waals surface area contributed by atoms with E-state index >= 15 is 0 Å². The fourth-order valence-corrected chi connectivity index (χ4v) is 2.51. The van der Waals surface area contributed by atoms with Crippen LogP contribution in [0.1, 0.15) is 85.4 Å². The predicted octanol–water partition coefficient (Wildman–Crippen LogP) is 0.0714. The zero-order valence-electron chi connectivity index (χ0n) is 15.4. The summed E-state index contributed by atoms with van der Waals surface area (Å²) in [6, 6.07) is 0. The van der Waals surface area contributed by atoms with E-state index in [0.29, 0.717) is 6.42 Å². The third kappa shape index (κ3) is 12.4. The summed E-state index contributed by atoms with van der Waals surface area (Å²) in [6.07, 6.45) is 11.8. The second-order valence-corrected chi connectivity index (χ2v) is 6.04. The third-order valence-electron chi connectivity index (χ3n) is 3.89. The van der Waals surface area contributed by atoms with Crippen LogP contribution in [0, 0.1) is 0 Å². The minimum atomic E-state index is -1.49. The molecule has 1 atom stereocenters. The first-order valence-corrected chi connectivity index (χ1v) is 8.23. The number of carboxylic acids is 1. The molecular weight excluding hydrogens is 291 g/mol. The van der Waals surface area contributed by atoms with Crippen molar-refractivity contribution in [1.29, 1.82) is 0 Å². The summed E-state index contributed by atoms with van der Waals surface area (Å²) in [5, 5.41) is 9.09. The van der Waals surface area contributed by atoms with Gasteiger partial charge < -0.3 is 18.0 Å². The molecule has 0 aromatic heterocycles. The van der Waals surface area contributed by atoms with Crippen LogP contribution in [0.25, 0.3) is 0 Å². The SMILES string of the molecule is CCCCCCCCCCCCC(N)(CC(N)=O)C(=O)O.[H-].[Na+]. The fourth-order valence-electron chi connectivity index (χ4n) is 2.51.